The van der Waals surface area contributed by atoms with Crippen LogP contribution in [0.5, 0.6) is 0 Å². The molecule has 0 bridgehead atoms. The number of carbonyl (C=O) groups excluding carboxylic acids is 2. The summed E-state index contributed by atoms with van der Waals surface area (Å²) < 4.78 is 5.66. The molecule has 0 heterocycles. The van der Waals surface area contributed by atoms with Gasteiger partial charge in [-0.25, -0.2) is 4.79 Å². The molecule has 2 aromatic rings. The fourth-order valence-corrected chi connectivity index (χ4v) is 4.16. The largest absolute Gasteiger partial charge is 0.466 e. The summed E-state index contributed by atoms with van der Waals surface area (Å²) in [6.07, 6.45) is 8.44. The maximum absolute atomic E-state index is 13.4. The molecule has 1 fully saturated rings. The lowest BCUT2D eigenvalue weighted by Crippen LogP contribution is -2.36. The molecule has 29 heavy (non-hydrogen) atoms. The third kappa shape index (κ3) is 6.04. The van der Waals surface area contributed by atoms with Gasteiger partial charge in [-0.15, -0.1) is 0 Å². The Morgan fingerprint density at radius 3 is 2.59 bits per heavy atom. The van der Waals surface area contributed by atoms with Crippen molar-refractivity contribution in [3.8, 4) is 0 Å². The van der Waals surface area contributed by atoms with Crippen LogP contribution >= 0.6 is 15.9 Å². The monoisotopic (exact) mass is 455 g/mol. The van der Waals surface area contributed by atoms with Gasteiger partial charge in [0.15, 0.2) is 0 Å². The van der Waals surface area contributed by atoms with Crippen molar-refractivity contribution in [1.29, 1.82) is 0 Å². The summed E-state index contributed by atoms with van der Waals surface area (Å²) in [6, 6.07) is 15.8. The van der Waals surface area contributed by atoms with Crippen molar-refractivity contribution >= 4 is 39.6 Å². The maximum atomic E-state index is 13.4. The van der Waals surface area contributed by atoms with Gasteiger partial charge >= 0.3 is 5.97 Å². The highest BCUT2D eigenvalue weighted by molar-refractivity contribution is 9.10. The molecule has 0 aliphatic heterocycles. The Morgan fingerprint density at radius 1 is 1.10 bits per heavy atom. The predicted molar refractivity (Wildman–Crippen MR) is 119 cm³/mol. The van der Waals surface area contributed by atoms with Crippen LogP contribution in [0.3, 0.4) is 0 Å². The second-order valence-electron chi connectivity index (χ2n) is 7.34. The number of ether oxygens (including phenoxy) is 1. The molecule has 1 saturated carbocycles. The molecule has 0 aromatic heterocycles. The zero-order valence-corrected chi connectivity index (χ0v) is 18.2. The van der Waals surface area contributed by atoms with Crippen LogP contribution in [-0.4, -0.2) is 19.0 Å². The molecule has 0 saturated heterocycles. The van der Waals surface area contributed by atoms with Gasteiger partial charge in [0, 0.05) is 22.2 Å². The van der Waals surface area contributed by atoms with Gasteiger partial charge in [0.2, 0.25) is 5.91 Å². The van der Waals surface area contributed by atoms with Gasteiger partial charge in [-0.05, 0) is 54.3 Å². The van der Waals surface area contributed by atoms with Crippen molar-refractivity contribution in [2.24, 2.45) is 5.92 Å². The lowest BCUT2D eigenvalue weighted by molar-refractivity contribution is -0.134. The van der Waals surface area contributed by atoms with Gasteiger partial charge in [0.25, 0.3) is 0 Å². The SMILES string of the molecule is COC(=O)/C=C/c1cccc(N(Cc2cccc(Br)c2)C(=O)C2CCCCC2)c1. The summed E-state index contributed by atoms with van der Waals surface area (Å²) in [7, 11) is 1.35. The molecule has 0 unspecified atom stereocenters. The molecule has 1 aliphatic carbocycles. The van der Waals surface area contributed by atoms with Gasteiger partial charge in [-0.1, -0.05) is 59.5 Å². The van der Waals surface area contributed by atoms with Crippen molar-refractivity contribution in [1.82, 2.24) is 0 Å². The van der Waals surface area contributed by atoms with Crippen molar-refractivity contribution in [3.05, 3.63) is 70.2 Å². The summed E-state index contributed by atoms with van der Waals surface area (Å²) in [6.45, 7) is 0.513. The number of benzene rings is 2. The van der Waals surface area contributed by atoms with E-state index in [1.165, 1.54) is 19.6 Å². The normalized spacial score (nSPS) is 14.7. The van der Waals surface area contributed by atoms with E-state index in [1.54, 1.807) is 6.08 Å². The van der Waals surface area contributed by atoms with Crippen molar-refractivity contribution in [2.45, 2.75) is 38.6 Å². The van der Waals surface area contributed by atoms with Gasteiger partial charge in [0.1, 0.15) is 0 Å². The van der Waals surface area contributed by atoms with E-state index >= 15 is 0 Å². The average molecular weight is 456 g/mol. The molecule has 0 spiro atoms. The number of amides is 1. The van der Waals surface area contributed by atoms with E-state index in [-0.39, 0.29) is 11.8 Å². The lowest BCUT2D eigenvalue weighted by Gasteiger charge is -2.30. The minimum Gasteiger partial charge on any atom is -0.466 e. The molecule has 0 atom stereocenters. The predicted octanol–water partition coefficient (Wildman–Crippen LogP) is 5.75. The Morgan fingerprint density at radius 2 is 1.86 bits per heavy atom. The highest BCUT2D eigenvalue weighted by Gasteiger charge is 2.27. The molecular weight excluding hydrogens is 430 g/mol. The summed E-state index contributed by atoms with van der Waals surface area (Å²) in [4.78, 5) is 26.7. The molecule has 152 valence electrons. The van der Waals surface area contributed by atoms with Crippen LogP contribution in [0.25, 0.3) is 6.08 Å². The van der Waals surface area contributed by atoms with E-state index in [4.69, 9.17) is 0 Å². The smallest absolute Gasteiger partial charge is 0.330 e. The summed E-state index contributed by atoms with van der Waals surface area (Å²) in [5, 5.41) is 0. The van der Waals surface area contributed by atoms with E-state index in [2.05, 4.69) is 20.7 Å². The fourth-order valence-electron chi connectivity index (χ4n) is 3.71. The van der Waals surface area contributed by atoms with Crippen LogP contribution in [-0.2, 0) is 20.9 Å². The van der Waals surface area contributed by atoms with Crippen LogP contribution in [0.2, 0.25) is 0 Å². The Labute approximate surface area is 180 Å². The van der Waals surface area contributed by atoms with Gasteiger partial charge < -0.3 is 9.64 Å². The Balaban J connectivity index is 1.90. The minimum atomic E-state index is -0.403. The van der Waals surface area contributed by atoms with E-state index < -0.39 is 5.97 Å². The quantitative estimate of drug-likeness (QED) is 0.411. The number of hydrogen-bond donors (Lipinski definition) is 0. The molecule has 0 radical (unpaired) electrons. The average Bonchev–Trinajstić information content (AvgIpc) is 2.76. The molecule has 5 heteroatoms. The number of nitrogens with zero attached hydrogens (tertiary/aromatic N) is 1. The summed E-state index contributed by atoms with van der Waals surface area (Å²) in [5.74, 6) is -0.149. The highest BCUT2D eigenvalue weighted by Crippen LogP contribution is 2.29. The van der Waals surface area contributed by atoms with Crippen LogP contribution in [0, 0.1) is 5.92 Å². The zero-order valence-electron chi connectivity index (χ0n) is 16.6. The summed E-state index contributed by atoms with van der Waals surface area (Å²) >= 11 is 3.52. The first kappa shape index (κ1) is 21.3. The number of hydrogen-bond acceptors (Lipinski definition) is 3. The highest BCUT2D eigenvalue weighted by atomic mass is 79.9. The number of anilines is 1. The van der Waals surface area contributed by atoms with Crippen LogP contribution < -0.4 is 4.90 Å². The number of methoxy groups -OCH3 is 1. The standard InChI is InChI=1S/C24H26BrNO3/c1-29-23(27)14-13-18-7-6-12-22(16-18)26(17-19-8-5-11-21(25)15-19)24(28)20-9-3-2-4-10-20/h5-8,11-16,20H,2-4,9-10,17H2,1H3/b14-13+. The first-order valence-electron chi connectivity index (χ1n) is 9.99. The first-order chi connectivity index (χ1) is 14.1. The van der Waals surface area contributed by atoms with E-state index in [1.807, 2.05) is 53.4 Å². The summed E-state index contributed by atoms with van der Waals surface area (Å²) in [5.41, 5.74) is 2.76. The second-order valence-corrected chi connectivity index (χ2v) is 8.26. The van der Waals surface area contributed by atoms with Crippen LogP contribution in [0.1, 0.15) is 43.2 Å². The van der Waals surface area contributed by atoms with Crippen molar-refractivity contribution in [3.63, 3.8) is 0 Å². The Kier molecular flexibility index (Phi) is 7.64. The topological polar surface area (TPSA) is 46.6 Å². The maximum Gasteiger partial charge on any atom is 0.330 e. The Bertz CT molecular complexity index is 887. The molecular formula is C24H26BrNO3. The zero-order chi connectivity index (χ0) is 20.6. The minimum absolute atomic E-state index is 0.0742. The van der Waals surface area contributed by atoms with Crippen LogP contribution in [0.15, 0.2) is 59.1 Å². The lowest BCUT2D eigenvalue weighted by atomic mass is 9.88. The molecule has 0 N–H and O–H groups in total. The van der Waals surface area contributed by atoms with Crippen molar-refractivity contribution in [2.75, 3.05) is 12.0 Å². The third-order valence-electron chi connectivity index (χ3n) is 5.25. The van der Waals surface area contributed by atoms with Gasteiger partial charge in [-0.2, -0.15) is 0 Å². The number of rotatable bonds is 6. The second kappa shape index (κ2) is 10.4. The fraction of sp³-hybridized carbons (Fsp3) is 0.333. The van der Waals surface area contributed by atoms with Crippen LogP contribution in [0.4, 0.5) is 5.69 Å². The molecule has 4 nitrogen and oxygen atoms in total. The number of halogens is 1. The first-order valence-corrected chi connectivity index (χ1v) is 10.8. The molecule has 2 aromatic carbocycles. The number of carbonyl (C=O) groups is 2. The van der Waals surface area contributed by atoms with Gasteiger partial charge in [-0.3, -0.25) is 4.79 Å². The number of esters is 1. The van der Waals surface area contributed by atoms with E-state index in [0.717, 1.165) is 47.0 Å². The molecule has 1 aliphatic rings. The van der Waals surface area contributed by atoms with Crippen molar-refractivity contribution < 1.29 is 14.3 Å². The van der Waals surface area contributed by atoms with Gasteiger partial charge in [0.05, 0.1) is 13.7 Å². The van der Waals surface area contributed by atoms with E-state index in [9.17, 15) is 9.59 Å². The molecule has 1 amide bonds. The molecule has 3 rings (SSSR count). The third-order valence-corrected chi connectivity index (χ3v) is 5.74. The van der Waals surface area contributed by atoms with E-state index in [0.29, 0.717) is 6.54 Å². The Hall–Kier alpha value is -2.40.